The van der Waals surface area contributed by atoms with Gasteiger partial charge in [-0.1, -0.05) is 36.8 Å². The number of aryl methyl sites for hydroxylation is 2. The summed E-state index contributed by atoms with van der Waals surface area (Å²) in [6.07, 6.45) is 4.96. The third kappa shape index (κ3) is 3.98. The Morgan fingerprint density at radius 3 is 2.47 bits per heavy atom. The molecule has 1 amide bonds. The molecule has 0 radical (unpaired) electrons. The monoisotopic (exact) mass is 449 g/mol. The highest BCUT2D eigenvalue weighted by atomic mass is 32.2. The smallest absolute Gasteiger partial charge is 0.243 e. The van der Waals surface area contributed by atoms with Crippen molar-refractivity contribution < 1.29 is 13.2 Å². The maximum absolute atomic E-state index is 12.9. The van der Waals surface area contributed by atoms with Gasteiger partial charge in [0, 0.05) is 29.9 Å². The molecule has 166 valence electrons. The molecular weight excluding hydrogens is 422 g/mol. The van der Waals surface area contributed by atoms with Gasteiger partial charge in [-0.2, -0.15) is 4.31 Å². The van der Waals surface area contributed by atoms with Crippen LogP contribution in [-0.2, 0) is 27.7 Å². The summed E-state index contributed by atoms with van der Waals surface area (Å²) in [6.45, 7) is 1.20. The number of piperidine rings is 1. The first-order valence-corrected chi connectivity index (χ1v) is 12.6. The topological polar surface area (TPSA) is 78.5 Å². The van der Waals surface area contributed by atoms with Gasteiger partial charge in [-0.25, -0.2) is 8.42 Å². The minimum Gasteiger partial charge on any atom is -0.376 e. The Morgan fingerprint density at radius 1 is 0.906 bits per heavy atom. The Bertz CT molecular complexity index is 1270. The fraction of sp³-hybridized carbons (Fsp3) is 0.320. The molecule has 1 aliphatic carbocycles. The van der Waals surface area contributed by atoms with Crippen molar-refractivity contribution in [3.63, 3.8) is 0 Å². The lowest BCUT2D eigenvalue weighted by Gasteiger charge is -2.26. The van der Waals surface area contributed by atoms with Crippen LogP contribution in [0.5, 0.6) is 0 Å². The molecule has 1 fully saturated rings. The van der Waals surface area contributed by atoms with Crippen molar-refractivity contribution in [2.75, 3.05) is 30.3 Å². The zero-order valence-corrected chi connectivity index (χ0v) is 18.7. The van der Waals surface area contributed by atoms with Gasteiger partial charge in [0.2, 0.25) is 15.9 Å². The lowest BCUT2D eigenvalue weighted by Crippen LogP contribution is -2.35. The van der Waals surface area contributed by atoms with E-state index in [4.69, 9.17) is 0 Å². The van der Waals surface area contributed by atoms with Crippen molar-refractivity contribution in [1.82, 2.24) is 4.31 Å². The van der Waals surface area contributed by atoms with Gasteiger partial charge in [0.05, 0.1) is 11.4 Å². The number of carbonyl (C=O) groups is 1. The molecule has 2 N–H and O–H groups in total. The van der Waals surface area contributed by atoms with Crippen LogP contribution < -0.4 is 10.6 Å². The van der Waals surface area contributed by atoms with Crippen LogP contribution >= 0.6 is 0 Å². The molecule has 1 saturated heterocycles. The molecule has 0 saturated carbocycles. The van der Waals surface area contributed by atoms with E-state index < -0.39 is 10.0 Å². The van der Waals surface area contributed by atoms with Crippen LogP contribution in [0.3, 0.4) is 0 Å². The zero-order valence-electron chi connectivity index (χ0n) is 17.9. The Morgan fingerprint density at radius 2 is 1.66 bits per heavy atom. The van der Waals surface area contributed by atoms with Crippen LogP contribution in [0.15, 0.2) is 59.5 Å². The molecule has 0 spiro atoms. The molecule has 0 bridgehead atoms. The highest BCUT2D eigenvalue weighted by Crippen LogP contribution is 2.35. The second kappa shape index (κ2) is 8.56. The molecule has 7 heteroatoms. The number of carbonyl (C=O) groups excluding carboxylic acids is 1. The van der Waals surface area contributed by atoms with E-state index in [0.717, 1.165) is 43.2 Å². The number of rotatable bonds is 6. The highest BCUT2D eigenvalue weighted by Gasteiger charge is 2.26. The Kier molecular flexibility index (Phi) is 5.61. The number of hydrogen-bond donors (Lipinski definition) is 2. The number of amides is 1. The Hall–Kier alpha value is -2.90. The Labute approximate surface area is 188 Å². The quantitative estimate of drug-likeness (QED) is 0.592. The number of anilines is 2. The van der Waals surface area contributed by atoms with E-state index in [9.17, 15) is 13.2 Å². The average molecular weight is 450 g/mol. The SMILES string of the molecule is O=C(CNc1ccc2c3c(cccc13)CC2)Nc1cccc(S(=O)(=O)N2CCCCC2)c1. The number of benzene rings is 3. The number of hydrogen-bond acceptors (Lipinski definition) is 4. The summed E-state index contributed by atoms with van der Waals surface area (Å²) in [7, 11) is -3.54. The second-order valence-corrected chi connectivity index (χ2v) is 10.4. The largest absolute Gasteiger partial charge is 0.376 e. The van der Waals surface area contributed by atoms with Gasteiger partial charge in [0.15, 0.2) is 0 Å². The van der Waals surface area contributed by atoms with E-state index in [1.165, 1.54) is 20.8 Å². The molecule has 32 heavy (non-hydrogen) atoms. The van der Waals surface area contributed by atoms with Gasteiger partial charge >= 0.3 is 0 Å². The van der Waals surface area contributed by atoms with E-state index in [1.54, 1.807) is 24.3 Å². The molecule has 5 rings (SSSR count). The fourth-order valence-corrected chi connectivity index (χ4v) is 6.33. The zero-order chi connectivity index (χ0) is 22.1. The normalized spacial score (nSPS) is 16.2. The molecule has 0 aromatic heterocycles. The molecule has 2 aliphatic rings. The minimum atomic E-state index is -3.54. The summed E-state index contributed by atoms with van der Waals surface area (Å²) < 4.78 is 27.4. The van der Waals surface area contributed by atoms with Gasteiger partial charge in [0.25, 0.3) is 0 Å². The lowest BCUT2D eigenvalue weighted by atomic mass is 10.0. The van der Waals surface area contributed by atoms with Crippen molar-refractivity contribution in [3.8, 4) is 0 Å². The summed E-state index contributed by atoms with van der Waals surface area (Å²) in [6, 6.07) is 17.0. The first kappa shape index (κ1) is 21.0. The van der Waals surface area contributed by atoms with Gasteiger partial charge in [0.1, 0.15) is 0 Å². The van der Waals surface area contributed by atoms with Crippen LogP contribution in [0.4, 0.5) is 11.4 Å². The van der Waals surface area contributed by atoms with Crippen molar-refractivity contribution in [2.45, 2.75) is 37.0 Å². The van der Waals surface area contributed by atoms with E-state index in [0.29, 0.717) is 18.8 Å². The van der Waals surface area contributed by atoms with E-state index in [1.807, 2.05) is 6.07 Å². The molecule has 0 atom stereocenters. The third-order valence-electron chi connectivity index (χ3n) is 6.39. The van der Waals surface area contributed by atoms with Crippen LogP contribution in [0.1, 0.15) is 30.4 Å². The van der Waals surface area contributed by atoms with Crippen LogP contribution in [0.25, 0.3) is 10.8 Å². The highest BCUT2D eigenvalue weighted by molar-refractivity contribution is 7.89. The van der Waals surface area contributed by atoms with Gasteiger partial charge in [-0.15, -0.1) is 0 Å². The summed E-state index contributed by atoms with van der Waals surface area (Å²) >= 11 is 0. The average Bonchev–Trinajstić information content (AvgIpc) is 3.24. The van der Waals surface area contributed by atoms with Crippen LogP contribution in [-0.4, -0.2) is 38.3 Å². The first-order valence-electron chi connectivity index (χ1n) is 11.2. The first-order chi connectivity index (χ1) is 15.5. The summed E-state index contributed by atoms with van der Waals surface area (Å²) in [5.41, 5.74) is 4.13. The van der Waals surface area contributed by atoms with Crippen molar-refractivity contribution in [3.05, 3.63) is 65.7 Å². The number of nitrogens with zero attached hydrogens (tertiary/aromatic N) is 1. The summed E-state index contributed by atoms with van der Waals surface area (Å²) in [5, 5.41) is 8.51. The van der Waals surface area contributed by atoms with Crippen molar-refractivity contribution >= 4 is 38.1 Å². The second-order valence-electron chi connectivity index (χ2n) is 8.51. The van der Waals surface area contributed by atoms with Crippen LogP contribution in [0, 0.1) is 0 Å². The van der Waals surface area contributed by atoms with E-state index in [-0.39, 0.29) is 17.3 Å². The molecule has 6 nitrogen and oxygen atoms in total. The predicted molar refractivity (Wildman–Crippen MR) is 128 cm³/mol. The molecule has 3 aromatic carbocycles. The maximum atomic E-state index is 12.9. The molecule has 1 aliphatic heterocycles. The standard InChI is InChI=1S/C25H27N3O3S/c29-24(17-26-23-13-12-19-11-10-18-6-4-9-22(23)25(18)19)27-20-7-5-8-21(16-20)32(30,31)28-14-2-1-3-15-28/h4-9,12-13,16,26H,1-3,10-11,14-15,17H2,(H,27,29). The van der Waals surface area contributed by atoms with Gasteiger partial charge < -0.3 is 10.6 Å². The maximum Gasteiger partial charge on any atom is 0.243 e. The summed E-state index contributed by atoms with van der Waals surface area (Å²) in [4.78, 5) is 12.8. The third-order valence-corrected chi connectivity index (χ3v) is 8.28. The predicted octanol–water partition coefficient (Wildman–Crippen LogP) is 4.16. The Balaban J connectivity index is 1.28. The van der Waals surface area contributed by atoms with Crippen molar-refractivity contribution in [2.24, 2.45) is 0 Å². The fourth-order valence-electron chi connectivity index (χ4n) is 4.77. The molecule has 1 heterocycles. The van der Waals surface area contributed by atoms with E-state index in [2.05, 4.69) is 34.9 Å². The van der Waals surface area contributed by atoms with Gasteiger partial charge in [-0.3, -0.25) is 4.79 Å². The molecule has 0 unspecified atom stereocenters. The van der Waals surface area contributed by atoms with E-state index >= 15 is 0 Å². The number of nitrogens with one attached hydrogen (secondary N) is 2. The van der Waals surface area contributed by atoms with Crippen molar-refractivity contribution in [1.29, 1.82) is 0 Å². The van der Waals surface area contributed by atoms with Crippen LogP contribution in [0.2, 0.25) is 0 Å². The minimum absolute atomic E-state index is 0.0990. The summed E-state index contributed by atoms with van der Waals surface area (Å²) in [5.74, 6) is -0.222. The molecular formula is C25H27N3O3S. The number of sulfonamides is 1. The van der Waals surface area contributed by atoms with Gasteiger partial charge in [-0.05, 0) is 66.5 Å². The lowest BCUT2D eigenvalue weighted by molar-refractivity contribution is -0.114. The molecule has 3 aromatic rings.